The van der Waals surface area contributed by atoms with Gasteiger partial charge in [0.05, 0.1) is 0 Å². The molecular formula is C30H53F. The minimum Gasteiger partial charge on any atom is -0.207 e. The summed E-state index contributed by atoms with van der Waals surface area (Å²) >= 11 is 0. The lowest BCUT2D eigenvalue weighted by atomic mass is 10.0. The summed E-state index contributed by atoms with van der Waals surface area (Å²) in [6, 6.07) is 10.3. The smallest absolute Gasteiger partial charge is 0.118 e. The second-order valence-corrected chi connectivity index (χ2v) is 7.04. The monoisotopic (exact) mass is 432 g/mol. The van der Waals surface area contributed by atoms with Gasteiger partial charge in [-0.3, -0.25) is 0 Å². The van der Waals surface area contributed by atoms with Gasteiger partial charge in [0.15, 0.2) is 0 Å². The fourth-order valence-corrected chi connectivity index (χ4v) is 2.19. The van der Waals surface area contributed by atoms with Crippen molar-refractivity contribution in [3.8, 4) is 0 Å². The van der Waals surface area contributed by atoms with E-state index >= 15 is 0 Å². The molecule has 1 heteroatoms. The largest absolute Gasteiger partial charge is 0.207 e. The molecule has 0 nitrogen and oxygen atoms in total. The number of unbranched alkanes of at least 4 members (excludes halogenated alkanes) is 2. The third kappa shape index (κ3) is 43.0. The van der Waals surface area contributed by atoms with Crippen LogP contribution < -0.4 is 0 Å². The highest BCUT2D eigenvalue weighted by molar-refractivity contribution is 5.11. The minimum absolute atomic E-state index is 0.142. The van der Waals surface area contributed by atoms with Crippen molar-refractivity contribution in [2.75, 3.05) is 0 Å². The molecule has 0 spiro atoms. The van der Waals surface area contributed by atoms with Gasteiger partial charge >= 0.3 is 0 Å². The second kappa shape index (κ2) is 35.5. The van der Waals surface area contributed by atoms with Gasteiger partial charge < -0.3 is 0 Å². The van der Waals surface area contributed by atoms with E-state index in [1.165, 1.54) is 49.8 Å². The summed E-state index contributed by atoms with van der Waals surface area (Å²) in [4.78, 5) is 0. The molecule has 0 heterocycles. The predicted molar refractivity (Wildman–Crippen MR) is 145 cm³/mol. The summed E-state index contributed by atoms with van der Waals surface area (Å²) in [5.41, 5.74) is 1.32. The van der Waals surface area contributed by atoms with Crippen LogP contribution in [0.3, 0.4) is 0 Å². The molecule has 1 aromatic carbocycles. The van der Waals surface area contributed by atoms with E-state index in [0.29, 0.717) is 0 Å². The Hall–Kier alpha value is -1.89. The maximum absolute atomic E-state index is 12.3. The zero-order chi connectivity index (χ0) is 24.8. The lowest BCUT2D eigenvalue weighted by molar-refractivity contribution is 0.491. The first-order valence-corrected chi connectivity index (χ1v) is 12.1. The Morgan fingerprint density at radius 3 is 1.87 bits per heavy atom. The number of benzene rings is 1. The minimum atomic E-state index is -0.142. The van der Waals surface area contributed by atoms with Gasteiger partial charge in [-0.2, -0.15) is 0 Å². The Morgan fingerprint density at radius 2 is 1.52 bits per heavy atom. The van der Waals surface area contributed by atoms with Crippen LogP contribution >= 0.6 is 0 Å². The number of halogens is 1. The molecule has 1 unspecified atom stereocenters. The van der Waals surface area contributed by atoms with E-state index in [1.807, 2.05) is 51.1 Å². The highest BCUT2D eigenvalue weighted by atomic mass is 19.1. The van der Waals surface area contributed by atoms with E-state index < -0.39 is 0 Å². The van der Waals surface area contributed by atoms with Crippen molar-refractivity contribution >= 4 is 0 Å². The number of allylic oxidation sites excluding steroid dienone is 6. The van der Waals surface area contributed by atoms with Crippen LogP contribution in [0, 0.1) is 12.8 Å². The van der Waals surface area contributed by atoms with Crippen LogP contribution in [0.25, 0.3) is 0 Å². The second-order valence-electron chi connectivity index (χ2n) is 7.04. The van der Waals surface area contributed by atoms with Crippen LogP contribution in [0.2, 0.25) is 0 Å². The van der Waals surface area contributed by atoms with Crippen LogP contribution in [0.15, 0.2) is 79.7 Å². The van der Waals surface area contributed by atoms with Crippen molar-refractivity contribution in [2.45, 2.75) is 100 Å². The van der Waals surface area contributed by atoms with Crippen LogP contribution in [0.5, 0.6) is 0 Å². The summed E-state index contributed by atoms with van der Waals surface area (Å²) in [6.45, 7) is 23.4. The van der Waals surface area contributed by atoms with Gasteiger partial charge in [0.1, 0.15) is 5.83 Å². The quantitative estimate of drug-likeness (QED) is 0.207. The molecule has 1 aromatic rings. The number of hydrogen-bond donors (Lipinski definition) is 0. The summed E-state index contributed by atoms with van der Waals surface area (Å²) in [7, 11) is 0. The zero-order valence-corrected chi connectivity index (χ0v) is 22.1. The topological polar surface area (TPSA) is 0 Å². The fourth-order valence-electron chi connectivity index (χ4n) is 2.19. The highest BCUT2D eigenvalue weighted by Crippen LogP contribution is 2.11. The molecule has 0 radical (unpaired) electrons. The lowest BCUT2D eigenvalue weighted by Crippen LogP contribution is -1.91. The van der Waals surface area contributed by atoms with Gasteiger partial charge in [0, 0.05) is 0 Å². The van der Waals surface area contributed by atoms with Gasteiger partial charge in [-0.15, -0.1) is 13.2 Å². The van der Waals surface area contributed by atoms with Gasteiger partial charge in [0.25, 0.3) is 0 Å². The van der Waals surface area contributed by atoms with Crippen molar-refractivity contribution in [1.29, 1.82) is 0 Å². The molecule has 1 rings (SSSR count). The summed E-state index contributed by atoms with van der Waals surface area (Å²) in [6.07, 6.45) is 17.1. The van der Waals surface area contributed by atoms with E-state index in [2.05, 4.69) is 53.0 Å². The molecule has 0 amide bonds. The van der Waals surface area contributed by atoms with Gasteiger partial charge in [0.2, 0.25) is 0 Å². The third-order valence-corrected chi connectivity index (χ3v) is 3.86. The number of hydrogen-bond acceptors (Lipinski definition) is 0. The van der Waals surface area contributed by atoms with E-state index in [0.717, 1.165) is 18.8 Å². The summed E-state index contributed by atoms with van der Waals surface area (Å²) in [5, 5.41) is 0. The maximum Gasteiger partial charge on any atom is 0.118 e. The highest BCUT2D eigenvalue weighted by Gasteiger charge is 1.96. The average Bonchev–Trinajstić information content (AvgIpc) is 2.78. The normalized spacial score (nSPS) is 10.5. The van der Waals surface area contributed by atoms with Gasteiger partial charge in [-0.05, 0) is 52.0 Å². The number of aryl methyl sites for hydroxylation is 1. The van der Waals surface area contributed by atoms with Crippen LogP contribution in [0.1, 0.15) is 99.0 Å². The first-order chi connectivity index (χ1) is 14.9. The predicted octanol–water partition coefficient (Wildman–Crippen LogP) is 11.2. The first-order valence-electron chi connectivity index (χ1n) is 12.1. The molecule has 0 aliphatic heterocycles. The molecule has 31 heavy (non-hydrogen) atoms. The van der Waals surface area contributed by atoms with Crippen molar-refractivity contribution < 1.29 is 4.39 Å². The maximum atomic E-state index is 12.3. The van der Waals surface area contributed by atoms with Crippen molar-refractivity contribution in [3.63, 3.8) is 0 Å². The fraction of sp³-hybridized carbons (Fsp3) is 0.533. The molecule has 0 saturated heterocycles. The average molecular weight is 433 g/mol. The van der Waals surface area contributed by atoms with Crippen LogP contribution in [0.4, 0.5) is 4.39 Å². The van der Waals surface area contributed by atoms with E-state index in [9.17, 15) is 4.39 Å². The molecule has 0 aliphatic rings. The Kier molecular flexibility index (Phi) is 41.8. The molecule has 0 aliphatic carbocycles. The van der Waals surface area contributed by atoms with E-state index in [4.69, 9.17) is 0 Å². The Labute approximate surface area is 196 Å². The first kappa shape index (κ1) is 36.5. The molecule has 180 valence electrons. The van der Waals surface area contributed by atoms with E-state index in [-0.39, 0.29) is 5.83 Å². The zero-order valence-electron chi connectivity index (χ0n) is 22.1. The Balaban J connectivity index is -0.000000161. The summed E-state index contributed by atoms with van der Waals surface area (Å²) in [5.74, 6) is 0.754. The molecule has 1 atom stereocenters. The van der Waals surface area contributed by atoms with Crippen LogP contribution in [-0.4, -0.2) is 0 Å². The SMILES string of the molecule is C/C=C(F)\C=C\CCCC.C=CC.C=CCCC(C)CCC.CC.Cc1ccccc1. The third-order valence-electron chi connectivity index (χ3n) is 3.86. The van der Waals surface area contributed by atoms with Gasteiger partial charge in [-0.25, -0.2) is 4.39 Å². The summed E-state index contributed by atoms with van der Waals surface area (Å²) < 4.78 is 12.3. The van der Waals surface area contributed by atoms with Crippen LogP contribution in [-0.2, 0) is 0 Å². The molecular weight excluding hydrogens is 379 g/mol. The molecule has 0 saturated carbocycles. The van der Waals surface area contributed by atoms with E-state index in [1.54, 1.807) is 13.0 Å². The number of rotatable bonds is 9. The van der Waals surface area contributed by atoms with Gasteiger partial charge in [-0.1, -0.05) is 121 Å². The molecule has 0 fully saturated rings. The molecule has 0 aromatic heterocycles. The lowest BCUT2D eigenvalue weighted by Gasteiger charge is -2.05. The molecule has 0 N–H and O–H groups in total. The standard InChI is InChI=1S/C9H15F.C9H18.C7H8.C3H6.C2H6/c1-3-5-6-7-8-9(10)4-2;1-4-6-8-9(3)7-5-2;1-7-5-3-2-4-6-7;1-3-2;1-2/h4,7-8H,3,5-6H2,1-2H3;4,9H,1,5-8H2,2-3H3;2-6H,1H3;3H,1H2,2H3;1-2H3/b8-7+,9-4+;;;;. The van der Waals surface area contributed by atoms with Crippen molar-refractivity contribution in [1.82, 2.24) is 0 Å². The Morgan fingerprint density at radius 1 is 0.968 bits per heavy atom. The van der Waals surface area contributed by atoms with Crippen molar-refractivity contribution in [3.05, 3.63) is 85.3 Å². The molecule has 0 bridgehead atoms. The Bertz CT molecular complexity index is 496. The van der Waals surface area contributed by atoms with Crippen molar-refractivity contribution in [2.24, 2.45) is 5.92 Å².